The van der Waals surface area contributed by atoms with Crippen molar-refractivity contribution in [2.75, 3.05) is 0 Å². The van der Waals surface area contributed by atoms with Crippen LogP contribution in [0.3, 0.4) is 0 Å². The fourth-order valence-electron chi connectivity index (χ4n) is 9.89. The van der Waals surface area contributed by atoms with E-state index in [2.05, 4.69) is 199 Å². The van der Waals surface area contributed by atoms with E-state index in [1.807, 2.05) is 12.1 Å². The van der Waals surface area contributed by atoms with Gasteiger partial charge < -0.3 is 8.98 Å². The number of rotatable bonds is 5. The molecular weight excluding hydrogens is 813 g/mol. The number of hydrogen-bond donors (Lipinski definition) is 0. The van der Waals surface area contributed by atoms with Crippen LogP contribution in [0.5, 0.6) is 0 Å². The minimum Gasteiger partial charge on any atom is -0.454 e. The van der Waals surface area contributed by atoms with Gasteiger partial charge in [0.2, 0.25) is 0 Å². The maximum absolute atomic E-state index is 7.03. The van der Waals surface area contributed by atoms with E-state index in [4.69, 9.17) is 19.4 Å². The number of benzene rings is 10. The Morgan fingerprint density at radius 2 is 0.923 bits per heavy atom. The summed E-state index contributed by atoms with van der Waals surface area (Å²) in [7, 11) is 0. The normalized spacial score (nSPS) is 12.0. The molecule has 4 aromatic heterocycles. The van der Waals surface area contributed by atoms with Gasteiger partial charge in [-0.15, -0.1) is 11.3 Å². The molecule has 14 rings (SSSR count). The van der Waals surface area contributed by atoms with Crippen LogP contribution in [0.15, 0.2) is 211 Å². The Hall–Kier alpha value is -8.45. The predicted molar refractivity (Wildman–Crippen MR) is 271 cm³/mol. The second kappa shape index (κ2) is 14.0. The van der Waals surface area contributed by atoms with Gasteiger partial charge in [-0.05, 0) is 105 Å². The van der Waals surface area contributed by atoms with E-state index in [-0.39, 0.29) is 0 Å². The van der Waals surface area contributed by atoms with Gasteiger partial charge in [-0.25, -0.2) is 15.0 Å². The predicted octanol–water partition coefficient (Wildman–Crippen LogP) is 16.2. The van der Waals surface area contributed by atoms with Crippen LogP contribution in [0.1, 0.15) is 0 Å². The van der Waals surface area contributed by atoms with Gasteiger partial charge in [0.05, 0.1) is 11.0 Å². The number of para-hydroxylation sites is 1. The molecule has 10 aromatic carbocycles. The molecule has 0 atom stereocenters. The van der Waals surface area contributed by atoms with E-state index in [0.29, 0.717) is 17.5 Å². The molecule has 0 aliphatic carbocycles. The quantitative estimate of drug-likeness (QED) is 0.173. The van der Waals surface area contributed by atoms with Crippen molar-refractivity contribution in [3.05, 3.63) is 206 Å². The first-order valence-electron chi connectivity index (χ1n) is 21.8. The summed E-state index contributed by atoms with van der Waals surface area (Å²) in [5, 5.41) is 11.5. The molecule has 0 aliphatic heterocycles. The van der Waals surface area contributed by atoms with Crippen LogP contribution in [0.2, 0.25) is 0 Å². The first-order valence-corrected chi connectivity index (χ1v) is 22.6. The number of fused-ring (bicyclic) bond motifs is 11. The molecule has 0 saturated carbocycles. The third kappa shape index (κ3) is 5.67. The van der Waals surface area contributed by atoms with E-state index in [0.717, 1.165) is 88.0 Å². The summed E-state index contributed by atoms with van der Waals surface area (Å²) in [5.74, 6) is 1.74. The van der Waals surface area contributed by atoms with Crippen molar-refractivity contribution in [3.8, 4) is 51.0 Å². The van der Waals surface area contributed by atoms with Crippen LogP contribution in [-0.2, 0) is 0 Å². The molecule has 14 aromatic rings. The van der Waals surface area contributed by atoms with E-state index in [1.165, 1.54) is 30.9 Å². The van der Waals surface area contributed by atoms with Gasteiger partial charge in [-0.3, -0.25) is 0 Å². The lowest BCUT2D eigenvalue weighted by Crippen LogP contribution is -2.04. The zero-order valence-electron chi connectivity index (χ0n) is 34.7. The molecule has 5 nitrogen and oxygen atoms in total. The molecule has 6 heteroatoms. The maximum atomic E-state index is 7.03. The van der Waals surface area contributed by atoms with E-state index in [1.54, 1.807) is 11.3 Å². The second-order valence-corrected chi connectivity index (χ2v) is 17.9. The third-order valence-electron chi connectivity index (χ3n) is 13.0. The van der Waals surface area contributed by atoms with Gasteiger partial charge in [0.1, 0.15) is 11.3 Å². The molecule has 0 amide bonds. The number of furan rings is 1. The highest BCUT2D eigenvalue weighted by molar-refractivity contribution is 7.25. The van der Waals surface area contributed by atoms with Crippen molar-refractivity contribution >= 4 is 96.8 Å². The summed E-state index contributed by atoms with van der Waals surface area (Å²) in [6.45, 7) is 0. The van der Waals surface area contributed by atoms with Crippen LogP contribution in [0.25, 0.3) is 136 Å². The van der Waals surface area contributed by atoms with Crippen LogP contribution in [0, 0.1) is 0 Å². The van der Waals surface area contributed by atoms with Gasteiger partial charge in [0.15, 0.2) is 23.1 Å². The molecule has 0 bridgehead atoms. The van der Waals surface area contributed by atoms with Crippen molar-refractivity contribution in [2.24, 2.45) is 0 Å². The Morgan fingerprint density at radius 3 is 1.66 bits per heavy atom. The van der Waals surface area contributed by atoms with Gasteiger partial charge in [-0.2, -0.15) is 0 Å². The summed E-state index contributed by atoms with van der Waals surface area (Å²) in [6.07, 6.45) is 0. The minimum atomic E-state index is 0.555. The minimum absolute atomic E-state index is 0.555. The zero-order valence-corrected chi connectivity index (χ0v) is 35.6. The number of thiophene rings is 1. The Labute approximate surface area is 376 Å². The molecule has 302 valence electrons. The van der Waals surface area contributed by atoms with Crippen molar-refractivity contribution in [3.63, 3.8) is 0 Å². The van der Waals surface area contributed by atoms with E-state index in [9.17, 15) is 0 Å². The van der Waals surface area contributed by atoms with E-state index >= 15 is 0 Å². The Kier molecular flexibility index (Phi) is 7.79. The summed E-state index contributed by atoms with van der Waals surface area (Å²) >= 11 is 1.80. The number of aromatic nitrogens is 4. The molecule has 0 unspecified atom stereocenters. The van der Waals surface area contributed by atoms with Crippen LogP contribution in [-0.4, -0.2) is 19.5 Å². The lowest BCUT2D eigenvalue weighted by molar-refractivity contribution is 0.666. The highest BCUT2D eigenvalue weighted by atomic mass is 32.1. The average molecular weight is 847 g/mol. The van der Waals surface area contributed by atoms with Gasteiger partial charge in [0, 0.05) is 58.4 Å². The van der Waals surface area contributed by atoms with Crippen LogP contribution >= 0.6 is 11.3 Å². The molecular formula is C59H34N4OS. The second-order valence-electron chi connectivity index (χ2n) is 16.8. The van der Waals surface area contributed by atoms with Crippen molar-refractivity contribution in [1.82, 2.24) is 19.5 Å². The molecule has 0 fully saturated rings. The molecule has 4 heterocycles. The van der Waals surface area contributed by atoms with Crippen LogP contribution < -0.4 is 0 Å². The van der Waals surface area contributed by atoms with Gasteiger partial charge in [-0.1, -0.05) is 133 Å². The average Bonchev–Trinajstić information content (AvgIpc) is 4.03. The monoisotopic (exact) mass is 846 g/mol. The number of hydrogen-bond acceptors (Lipinski definition) is 5. The topological polar surface area (TPSA) is 56.7 Å². The van der Waals surface area contributed by atoms with Gasteiger partial charge >= 0.3 is 0 Å². The molecule has 0 N–H and O–H groups in total. The lowest BCUT2D eigenvalue weighted by atomic mass is 10.0. The summed E-state index contributed by atoms with van der Waals surface area (Å²) < 4.78 is 11.9. The Balaban J connectivity index is 1.10. The maximum Gasteiger partial charge on any atom is 0.166 e. The standard InChI is InChI=1S/C59H34N4OS/c1-2-13-35(14-3-1)36-19-12-20-41(29-36)57-60-58(42-25-28-54-49(32-42)44-22-9-11-24-53(44)65-54)62-59(61-57)46-27-26-45-43-21-8-10-23-52(43)64-56(45)55(46)63-50-33-39-17-6-4-15-37(39)30-47(50)48-31-38-16-5-7-18-40(38)34-51(48)63/h1-34H. The SMILES string of the molecule is c1ccc(-c2cccc(-c3nc(-c4ccc5sc6ccccc6c5c4)nc(-c4ccc5c(oc6ccccc65)c4-n4c5cc6ccccc6cc5c5cc6ccccc6cc54)n3)c2)cc1. The number of nitrogens with zero attached hydrogens (tertiary/aromatic N) is 4. The fourth-order valence-corrected chi connectivity index (χ4v) is 11.0. The summed E-state index contributed by atoms with van der Waals surface area (Å²) in [6, 6.07) is 73.3. The highest BCUT2D eigenvalue weighted by Gasteiger charge is 2.25. The lowest BCUT2D eigenvalue weighted by Gasteiger charge is -2.16. The smallest absolute Gasteiger partial charge is 0.166 e. The Morgan fingerprint density at radius 1 is 0.354 bits per heavy atom. The first-order chi connectivity index (χ1) is 32.2. The van der Waals surface area contributed by atoms with E-state index < -0.39 is 0 Å². The van der Waals surface area contributed by atoms with Crippen molar-refractivity contribution in [2.45, 2.75) is 0 Å². The summed E-state index contributed by atoms with van der Waals surface area (Å²) in [4.78, 5) is 16.2. The molecule has 65 heavy (non-hydrogen) atoms. The highest BCUT2D eigenvalue weighted by Crippen LogP contribution is 2.45. The largest absolute Gasteiger partial charge is 0.454 e. The van der Waals surface area contributed by atoms with Gasteiger partial charge in [0.25, 0.3) is 0 Å². The molecule has 0 radical (unpaired) electrons. The first kappa shape index (κ1) is 36.1. The molecule has 0 spiro atoms. The molecule has 0 saturated heterocycles. The van der Waals surface area contributed by atoms with Crippen molar-refractivity contribution < 1.29 is 4.42 Å². The zero-order chi connectivity index (χ0) is 42.6. The third-order valence-corrected chi connectivity index (χ3v) is 14.1. The summed E-state index contributed by atoms with van der Waals surface area (Å²) in [5.41, 5.74) is 9.49. The van der Waals surface area contributed by atoms with Crippen LogP contribution in [0.4, 0.5) is 0 Å². The Bertz CT molecular complexity index is 4160. The van der Waals surface area contributed by atoms with Crippen molar-refractivity contribution in [1.29, 1.82) is 0 Å². The molecule has 0 aliphatic rings. The fraction of sp³-hybridized carbons (Fsp3) is 0.